The van der Waals surface area contributed by atoms with Gasteiger partial charge in [0.1, 0.15) is 0 Å². The van der Waals surface area contributed by atoms with Crippen molar-refractivity contribution < 1.29 is 14.6 Å². The normalized spacial score (nSPS) is 25.3. The second-order valence-corrected chi connectivity index (χ2v) is 6.14. The van der Waals surface area contributed by atoms with Gasteiger partial charge in [-0.15, -0.1) is 0 Å². The molecule has 19 heavy (non-hydrogen) atoms. The number of amides is 1. The van der Waals surface area contributed by atoms with E-state index in [2.05, 4.69) is 24.5 Å². The van der Waals surface area contributed by atoms with Gasteiger partial charge in [-0.25, -0.2) is 0 Å². The van der Waals surface area contributed by atoms with Gasteiger partial charge in [0, 0.05) is 19.7 Å². The van der Waals surface area contributed by atoms with Crippen LogP contribution in [-0.2, 0) is 9.53 Å². The molecule has 0 saturated carbocycles. The predicted molar refractivity (Wildman–Crippen MR) is 74.9 cm³/mol. The molecule has 5 heteroatoms. The molecule has 1 aliphatic rings. The van der Waals surface area contributed by atoms with Crippen LogP contribution in [0.2, 0.25) is 0 Å². The van der Waals surface area contributed by atoms with Crippen LogP contribution in [0.5, 0.6) is 0 Å². The Morgan fingerprint density at radius 3 is 2.79 bits per heavy atom. The summed E-state index contributed by atoms with van der Waals surface area (Å²) >= 11 is 0. The van der Waals surface area contributed by atoms with Crippen LogP contribution in [-0.4, -0.2) is 50.0 Å². The summed E-state index contributed by atoms with van der Waals surface area (Å²) in [5.41, 5.74) is -0.350. The average molecular weight is 272 g/mol. The standard InChI is InChI=1S/C14H28N2O3/c1-11(2)8-19-9-12(17)7-16-13(18)14(3)5-4-6-15-10-14/h11-12,15,17H,4-10H2,1-3H3,(H,16,18). The summed E-state index contributed by atoms with van der Waals surface area (Å²) < 4.78 is 5.35. The van der Waals surface area contributed by atoms with Gasteiger partial charge in [-0.2, -0.15) is 0 Å². The average Bonchev–Trinajstić information content (AvgIpc) is 2.36. The Hall–Kier alpha value is -0.650. The number of piperidine rings is 1. The second-order valence-electron chi connectivity index (χ2n) is 6.14. The molecule has 1 heterocycles. The van der Waals surface area contributed by atoms with E-state index in [-0.39, 0.29) is 24.5 Å². The Morgan fingerprint density at radius 1 is 1.47 bits per heavy atom. The van der Waals surface area contributed by atoms with Crippen LogP contribution < -0.4 is 10.6 Å². The van der Waals surface area contributed by atoms with Gasteiger partial charge in [-0.1, -0.05) is 13.8 Å². The highest BCUT2D eigenvalue weighted by Gasteiger charge is 2.34. The van der Waals surface area contributed by atoms with Gasteiger partial charge in [0.05, 0.1) is 18.1 Å². The van der Waals surface area contributed by atoms with Crippen molar-refractivity contribution in [3.05, 3.63) is 0 Å². The molecule has 0 bridgehead atoms. The smallest absolute Gasteiger partial charge is 0.227 e. The zero-order valence-electron chi connectivity index (χ0n) is 12.4. The predicted octanol–water partition coefficient (Wildman–Crippen LogP) is 0.526. The molecular weight excluding hydrogens is 244 g/mol. The third-order valence-electron chi connectivity index (χ3n) is 3.41. The lowest BCUT2D eigenvalue weighted by molar-refractivity contribution is -0.131. The number of carbonyl (C=O) groups excluding carboxylic acids is 1. The highest BCUT2D eigenvalue weighted by Crippen LogP contribution is 2.25. The lowest BCUT2D eigenvalue weighted by Gasteiger charge is -2.32. The van der Waals surface area contributed by atoms with Gasteiger partial charge in [-0.3, -0.25) is 4.79 Å². The summed E-state index contributed by atoms with van der Waals surface area (Å²) in [4.78, 5) is 12.1. The number of carbonyl (C=O) groups is 1. The molecule has 1 saturated heterocycles. The Bertz CT molecular complexity index is 276. The summed E-state index contributed by atoms with van der Waals surface area (Å²) in [7, 11) is 0. The molecule has 1 aliphatic heterocycles. The van der Waals surface area contributed by atoms with Crippen LogP contribution >= 0.6 is 0 Å². The molecule has 1 amide bonds. The first kappa shape index (κ1) is 16.4. The van der Waals surface area contributed by atoms with E-state index in [9.17, 15) is 9.90 Å². The molecule has 1 rings (SSSR count). The van der Waals surface area contributed by atoms with E-state index >= 15 is 0 Å². The maximum Gasteiger partial charge on any atom is 0.227 e. The van der Waals surface area contributed by atoms with Crippen molar-refractivity contribution in [2.75, 3.05) is 32.8 Å². The van der Waals surface area contributed by atoms with Gasteiger partial charge in [-0.05, 0) is 32.2 Å². The molecule has 2 atom stereocenters. The minimum absolute atomic E-state index is 0.0163. The largest absolute Gasteiger partial charge is 0.389 e. The van der Waals surface area contributed by atoms with E-state index in [1.54, 1.807) is 0 Å². The topological polar surface area (TPSA) is 70.6 Å². The van der Waals surface area contributed by atoms with E-state index in [4.69, 9.17) is 4.74 Å². The molecule has 0 spiro atoms. The highest BCUT2D eigenvalue weighted by atomic mass is 16.5. The first-order valence-corrected chi connectivity index (χ1v) is 7.19. The number of hydrogen-bond acceptors (Lipinski definition) is 4. The maximum atomic E-state index is 12.1. The third-order valence-corrected chi connectivity index (χ3v) is 3.41. The molecule has 112 valence electrons. The monoisotopic (exact) mass is 272 g/mol. The van der Waals surface area contributed by atoms with Gasteiger partial charge in [0.15, 0.2) is 0 Å². The summed E-state index contributed by atoms with van der Waals surface area (Å²) in [6.45, 7) is 8.94. The first-order chi connectivity index (χ1) is 8.94. The second kappa shape index (κ2) is 7.82. The Balaban J connectivity index is 2.21. The van der Waals surface area contributed by atoms with Crippen molar-refractivity contribution in [2.45, 2.75) is 39.7 Å². The zero-order valence-corrected chi connectivity index (χ0v) is 12.4. The van der Waals surface area contributed by atoms with Crippen LogP contribution in [0.3, 0.4) is 0 Å². The Kier molecular flexibility index (Phi) is 6.75. The maximum absolute atomic E-state index is 12.1. The van der Waals surface area contributed by atoms with Crippen LogP contribution in [0.25, 0.3) is 0 Å². The number of hydrogen-bond donors (Lipinski definition) is 3. The number of rotatable bonds is 7. The first-order valence-electron chi connectivity index (χ1n) is 7.19. The lowest BCUT2D eigenvalue weighted by atomic mass is 9.82. The Labute approximate surface area is 116 Å². The van der Waals surface area contributed by atoms with Crippen molar-refractivity contribution >= 4 is 5.91 Å². The van der Waals surface area contributed by atoms with E-state index in [0.29, 0.717) is 19.1 Å². The molecule has 0 aliphatic carbocycles. The minimum Gasteiger partial charge on any atom is -0.389 e. The molecule has 5 nitrogen and oxygen atoms in total. The fourth-order valence-corrected chi connectivity index (χ4v) is 2.17. The molecule has 3 N–H and O–H groups in total. The van der Waals surface area contributed by atoms with E-state index in [1.807, 2.05) is 6.92 Å². The van der Waals surface area contributed by atoms with Crippen LogP contribution in [0.4, 0.5) is 0 Å². The molecule has 0 aromatic rings. The fourth-order valence-electron chi connectivity index (χ4n) is 2.17. The van der Waals surface area contributed by atoms with Gasteiger partial charge in [0.25, 0.3) is 0 Å². The third kappa shape index (κ3) is 5.89. The summed E-state index contributed by atoms with van der Waals surface area (Å²) in [5, 5.41) is 15.8. The SMILES string of the molecule is CC(C)COCC(O)CNC(=O)C1(C)CCCNC1. The van der Waals surface area contributed by atoms with E-state index in [1.165, 1.54) is 0 Å². The molecule has 1 fully saturated rings. The molecule has 0 aromatic heterocycles. The lowest BCUT2D eigenvalue weighted by Crippen LogP contribution is -2.50. The van der Waals surface area contributed by atoms with Crippen LogP contribution in [0, 0.1) is 11.3 Å². The van der Waals surface area contributed by atoms with Crippen molar-refractivity contribution in [1.82, 2.24) is 10.6 Å². The summed E-state index contributed by atoms with van der Waals surface area (Å²) in [6, 6.07) is 0. The van der Waals surface area contributed by atoms with Gasteiger partial charge < -0.3 is 20.5 Å². The number of nitrogens with one attached hydrogen (secondary N) is 2. The summed E-state index contributed by atoms with van der Waals surface area (Å²) in [5.74, 6) is 0.469. The fraction of sp³-hybridized carbons (Fsp3) is 0.929. The molecule has 2 unspecified atom stereocenters. The highest BCUT2D eigenvalue weighted by molar-refractivity contribution is 5.82. The number of aliphatic hydroxyl groups is 1. The van der Waals surface area contributed by atoms with E-state index < -0.39 is 6.10 Å². The zero-order chi connectivity index (χ0) is 14.3. The van der Waals surface area contributed by atoms with Crippen molar-refractivity contribution in [3.8, 4) is 0 Å². The number of aliphatic hydroxyl groups excluding tert-OH is 1. The van der Waals surface area contributed by atoms with Gasteiger partial charge in [0.2, 0.25) is 5.91 Å². The number of ether oxygens (including phenoxy) is 1. The van der Waals surface area contributed by atoms with Crippen molar-refractivity contribution in [2.24, 2.45) is 11.3 Å². The van der Waals surface area contributed by atoms with Crippen molar-refractivity contribution in [1.29, 1.82) is 0 Å². The quantitative estimate of drug-likeness (QED) is 0.632. The summed E-state index contributed by atoms with van der Waals surface area (Å²) in [6.07, 6.45) is 1.28. The minimum atomic E-state index is -0.636. The molecular formula is C14H28N2O3. The Morgan fingerprint density at radius 2 is 2.21 bits per heavy atom. The van der Waals surface area contributed by atoms with Crippen molar-refractivity contribution in [3.63, 3.8) is 0 Å². The molecule has 0 radical (unpaired) electrons. The molecule has 0 aromatic carbocycles. The van der Waals surface area contributed by atoms with Crippen LogP contribution in [0.1, 0.15) is 33.6 Å². The van der Waals surface area contributed by atoms with E-state index in [0.717, 1.165) is 19.4 Å². The van der Waals surface area contributed by atoms with Gasteiger partial charge >= 0.3 is 0 Å². The van der Waals surface area contributed by atoms with Crippen LogP contribution in [0.15, 0.2) is 0 Å².